The Labute approximate surface area is 181 Å². The number of nitrogens with one attached hydrogen (secondary N) is 2. The van der Waals surface area contributed by atoms with E-state index >= 15 is 0 Å². The van der Waals surface area contributed by atoms with Gasteiger partial charge in [0, 0.05) is 12.2 Å². The summed E-state index contributed by atoms with van der Waals surface area (Å²) < 4.78 is 45.5. The van der Waals surface area contributed by atoms with Gasteiger partial charge in [0.15, 0.2) is 0 Å². The van der Waals surface area contributed by atoms with E-state index in [9.17, 15) is 17.9 Å². The molecule has 0 fully saturated rings. The second-order valence-corrected chi connectivity index (χ2v) is 8.67. The zero-order valence-corrected chi connectivity index (χ0v) is 17.7. The lowest BCUT2D eigenvalue weighted by molar-refractivity contribution is 0.106. The Kier molecular flexibility index (Phi) is 8.00. The molecule has 1 atom stereocenters. The Bertz CT molecular complexity index is 1040. The smallest absolute Gasteiger partial charge is 0.261 e. The van der Waals surface area contributed by atoms with Crippen molar-refractivity contribution in [1.82, 2.24) is 5.32 Å². The first-order chi connectivity index (χ1) is 14.9. The van der Waals surface area contributed by atoms with Crippen LogP contribution in [0, 0.1) is 5.82 Å². The molecule has 0 saturated heterocycles. The van der Waals surface area contributed by atoms with Crippen molar-refractivity contribution in [2.24, 2.45) is 0 Å². The summed E-state index contributed by atoms with van der Waals surface area (Å²) in [5, 5.41) is 13.1. The number of rotatable bonds is 11. The molecule has 0 saturated carbocycles. The molecule has 8 heteroatoms. The third-order valence-electron chi connectivity index (χ3n) is 4.49. The third kappa shape index (κ3) is 7.36. The van der Waals surface area contributed by atoms with Gasteiger partial charge in [0.1, 0.15) is 24.3 Å². The minimum Gasteiger partial charge on any atom is -0.491 e. The van der Waals surface area contributed by atoms with Crippen LogP contribution < -0.4 is 14.8 Å². The Hall–Kier alpha value is -2.94. The summed E-state index contributed by atoms with van der Waals surface area (Å²) in [6.07, 6.45) is 0.0249. The molecule has 3 aromatic rings. The van der Waals surface area contributed by atoms with E-state index in [1.54, 1.807) is 42.5 Å². The number of hydrogen-bond donors (Lipinski definition) is 3. The zero-order chi connectivity index (χ0) is 22.1. The number of sulfonamides is 1. The quantitative estimate of drug-likeness (QED) is 0.396. The summed E-state index contributed by atoms with van der Waals surface area (Å²) >= 11 is 0. The number of benzene rings is 3. The highest BCUT2D eigenvalue weighted by molar-refractivity contribution is 7.92. The summed E-state index contributed by atoms with van der Waals surface area (Å²) in [5.74, 6) is 0.166. The minimum atomic E-state index is -3.60. The van der Waals surface area contributed by atoms with Gasteiger partial charge in [0.2, 0.25) is 0 Å². The van der Waals surface area contributed by atoms with Crippen molar-refractivity contribution in [2.75, 3.05) is 24.4 Å². The van der Waals surface area contributed by atoms with Crippen LogP contribution in [0.2, 0.25) is 0 Å². The predicted octanol–water partition coefficient (Wildman–Crippen LogP) is 3.20. The van der Waals surface area contributed by atoms with E-state index in [1.807, 2.05) is 12.1 Å². The molecule has 3 N–H and O–H groups in total. The van der Waals surface area contributed by atoms with Crippen molar-refractivity contribution in [2.45, 2.75) is 17.4 Å². The second kappa shape index (κ2) is 10.9. The van der Waals surface area contributed by atoms with E-state index in [-0.39, 0.29) is 17.3 Å². The van der Waals surface area contributed by atoms with Crippen molar-refractivity contribution < 1.29 is 22.7 Å². The molecule has 0 bridgehead atoms. The first-order valence-corrected chi connectivity index (χ1v) is 11.3. The lowest BCUT2D eigenvalue weighted by Gasteiger charge is -2.13. The van der Waals surface area contributed by atoms with Gasteiger partial charge in [0.05, 0.1) is 4.90 Å². The van der Waals surface area contributed by atoms with Crippen molar-refractivity contribution >= 4 is 15.7 Å². The first kappa shape index (κ1) is 22.7. The lowest BCUT2D eigenvalue weighted by Crippen LogP contribution is -2.32. The van der Waals surface area contributed by atoms with Crippen LogP contribution in [0.5, 0.6) is 5.75 Å². The van der Waals surface area contributed by atoms with Gasteiger partial charge in [-0.05, 0) is 67.1 Å². The number of anilines is 1. The van der Waals surface area contributed by atoms with Crippen LogP contribution in [0.1, 0.15) is 5.56 Å². The molecule has 0 aliphatic rings. The van der Waals surface area contributed by atoms with Gasteiger partial charge < -0.3 is 15.2 Å². The highest BCUT2D eigenvalue weighted by Gasteiger charge is 2.13. The van der Waals surface area contributed by atoms with Crippen molar-refractivity contribution in [3.63, 3.8) is 0 Å². The van der Waals surface area contributed by atoms with Crippen molar-refractivity contribution in [3.05, 3.63) is 90.2 Å². The maximum Gasteiger partial charge on any atom is 0.261 e. The maximum atomic E-state index is 12.9. The van der Waals surface area contributed by atoms with Gasteiger partial charge in [-0.2, -0.15) is 0 Å². The Morgan fingerprint density at radius 3 is 2.29 bits per heavy atom. The third-order valence-corrected chi connectivity index (χ3v) is 5.88. The van der Waals surface area contributed by atoms with Gasteiger partial charge in [-0.25, -0.2) is 12.8 Å². The number of aliphatic hydroxyl groups is 1. The van der Waals surface area contributed by atoms with Crippen LogP contribution in [0.4, 0.5) is 10.1 Å². The fourth-order valence-corrected chi connectivity index (χ4v) is 3.92. The molecule has 3 aromatic carbocycles. The second-order valence-electron chi connectivity index (χ2n) is 6.99. The summed E-state index contributed by atoms with van der Waals surface area (Å²) in [5.41, 5.74) is 1.53. The van der Waals surface area contributed by atoms with E-state index in [0.717, 1.165) is 12.0 Å². The van der Waals surface area contributed by atoms with Gasteiger partial charge in [-0.15, -0.1) is 0 Å². The Morgan fingerprint density at radius 2 is 1.61 bits per heavy atom. The highest BCUT2D eigenvalue weighted by Crippen LogP contribution is 2.16. The Morgan fingerprint density at radius 1 is 0.935 bits per heavy atom. The molecule has 0 aliphatic heterocycles. The molecule has 0 aliphatic carbocycles. The first-order valence-electron chi connectivity index (χ1n) is 9.86. The summed E-state index contributed by atoms with van der Waals surface area (Å²) in [6.45, 7) is 1.10. The van der Waals surface area contributed by atoms with Crippen molar-refractivity contribution in [1.29, 1.82) is 0 Å². The monoisotopic (exact) mass is 444 g/mol. The standard InChI is InChI=1S/C23H25FN2O4S/c24-19-8-12-22(13-9-19)30-17-21(27)16-25-15-14-18-6-10-20(11-7-18)26-31(28,29)23-4-2-1-3-5-23/h1-13,21,25-27H,14-17H2/t21-/m0/s1. The van der Waals surface area contributed by atoms with Crippen LogP contribution in [0.25, 0.3) is 0 Å². The average molecular weight is 445 g/mol. The lowest BCUT2D eigenvalue weighted by atomic mass is 10.1. The van der Waals surface area contributed by atoms with Crippen LogP contribution >= 0.6 is 0 Å². The fraction of sp³-hybridized carbons (Fsp3) is 0.217. The van der Waals surface area contributed by atoms with Gasteiger partial charge in [-0.1, -0.05) is 30.3 Å². The molecular weight excluding hydrogens is 419 g/mol. The fourth-order valence-electron chi connectivity index (χ4n) is 2.84. The van der Waals surface area contributed by atoms with Crippen LogP contribution in [-0.4, -0.2) is 39.3 Å². The molecule has 31 heavy (non-hydrogen) atoms. The predicted molar refractivity (Wildman–Crippen MR) is 118 cm³/mol. The van der Waals surface area contributed by atoms with Crippen LogP contribution in [-0.2, 0) is 16.4 Å². The highest BCUT2D eigenvalue weighted by atomic mass is 32.2. The molecule has 164 valence electrons. The molecule has 0 unspecified atom stereocenters. The number of aliphatic hydroxyl groups excluding tert-OH is 1. The molecule has 0 radical (unpaired) electrons. The van der Waals surface area contributed by atoms with Crippen molar-refractivity contribution in [3.8, 4) is 5.75 Å². The topological polar surface area (TPSA) is 87.7 Å². The van der Waals surface area contributed by atoms with E-state index in [4.69, 9.17) is 4.74 Å². The molecule has 3 rings (SSSR count). The van der Waals surface area contributed by atoms with E-state index < -0.39 is 16.1 Å². The normalized spacial score (nSPS) is 12.3. The van der Waals surface area contributed by atoms with Crippen LogP contribution in [0.15, 0.2) is 83.8 Å². The maximum absolute atomic E-state index is 12.9. The average Bonchev–Trinajstić information content (AvgIpc) is 2.78. The zero-order valence-electron chi connectivity index (χ0n) is 16.9. The molecule has 0 amide bonds. The number of halogens is 1. The molecule has 0 aromatic heterocycles. The minimum absolute atomic E-state index is 0.106. The molecule has 0 spiro atoms. The molecular formula is C23H25FN2O4S. The van der Waals surface area contributed by atoms with Gasteiger partial charge in [-0.3, -0.25) is 4.72 Å². The molecule has 0 heterocycles. The largest absolute Gasteiger partial charge is 0.491 e. The van der Waals surface area contributed by atoms with E-state index in [0.29, 0.717) is 24.5 Å². The summed E-state index contributed by atoms with van der Waals surface area (Å²) in [4.78, 5) is 0.213. The molecule has 6 nitrogen and oxygen atoms in total. The summed E-state index contributed by atoms with van der Waals surface area (Å²) in [7, 11) is -3.60. The van der Waals surface area contributed by atoms with Crippen LogP contribution in [0.3, 0.4) is 0 Å². The summed E-state index contributed by atoms with van der Waals surface area (Å²) in [6, 6.07) is 21.0. The number of hydrogen-bond acceptors (Lipinski definition) is 5. The SMILES string of the molecule is O=S(=O)(Nc1ccc(CCNC[C@H](O)COc2ccc(F)cc2)cc1)c1ccccc1. The van der Waals surface area contributed by atoms with E-state index in [1.165, 1.54) is 24.3 Å². The Balaban J connectivity index is 1.38. The van der Waals surface area contributed by atoms with E-state index in [2.05, 4.69) is 10.0 Å². The number of ether oxygens (including phenoxy) is 1. The van der Waals surface area contributed by atoms with Gasteiger partial charge >= 0.3 is 0 Å². The van der Waals surface area contributed by atoms with Gasteiger partial charge in [0.25, 0.3) is 10.0 Å².